The van der Waals surface area contributed by atoms with Crippen LogP contribution in [0.1, 0.15) is 36.3 Å². The fourth-order valence-corrected chi connectivity index (χ4v) is 3.79. The summed E-state index contributed by atoms with van der Waals surface area (Å²) in [6, 6.07) is 11.9. The van der Waals surface area contributed by atoms with Crippen LogP contribution in [0.3, 0.4) is 0 Å². The number of likely N-dealkylation sites (tertiary alicyclic amines) is 1. The number of benzene rings is 1. The molecule has 2 unspecified atom stereocenters. The summed E-state index contributed by atoms with van der Waals surface area (Å²) in [5.74, 6) is 1.72. The van der Waals surface area contributed by atoms with Gasteiger partial charge in [0.25, 0.3) is 0 Å². The highest BCUT2D eigenvalue weighted by molar-refractivity contribution is 6.30. The van der Waals surface area contributed by atoms with Crippen LogP contribution in [0.25, 0.3) is 0 Å². The van der Waals surface area contributed by atoms with Gasteiger partial charge >= 0.3 is 0 Å². The van der Waals surface area contributed by atoms with Gasteiger partial charge in [-0.05, 0) is 55.8 Å². The molecule has 0 bridgehead atoms. The molecule has 1 aromatic carbocycles. The Balaban J connectivity index is 1.57. The van der Waals surface area contributed by atoms with Gasteiger partial charge in [0.1, 0.15) is 5.76 Å². The van der Waals surface area contributed by atoms with E-state index in [1.807, 2.05) is 36.4 Å². The molecule has 1 aliphatic heterocycles. The molecule has 0 saturated carbocycles. The number of hydrogen-bond acceptors (Lipinski definition) is 4. The second-order valence-corrected chi connectivity index (χ2v) is 7.32. The van der Waals surface area contributed by atoms with Gasteiger partial charge in [0.2, 0.25) is 0 Å². The van der Waals surface area contributed by atoms with E-state index in [1.165, 1.54) is 12.8 Å². The lowest BCUT2D eigenvalue weighted by atomic mass is 10.1. The van der Waals surface area contributed by atoms with Crippen LogP contribution in [0.2, 0.25) is 5.02 Å². The minimum Gasteiger partial charge on any atom is -0.468 e. The Morgan fingerprint density at radius 3 is 2.64 bits per heavy atom. The first-order chi connectivity index (χ1) is 13.7. The molecule has 2 heterocycles. The predicted molar refractivity (Wildman–Crippen MR) is 113 cm³/mol. The Morgan fingerprint density at radius 1 is 1.21 bits per heavy atom. The molecule has 7 heteroatoms. The molecule has 6 nitrogen and oxygen atoms in total. The number of aliphatic imine (C=N–C) groups is 1. The van der Waals surface area contributed by atoms with Gasteiger partial charge in [-0.1, -0.05) is 23.7 Å². The molecule has 1 aliphatic rings. The number of halogens is 1. The van der Waals surface area contributed by atoms with Gasteiger partial charge in [0, 0.05) is 32.3 Å². The van der Waals surface area contributed by atoms with Crippen molar-refractivity contribution in [3.05, 3.63) is 59.0 Å². The number of ether oxygens (including phenoxy) is 1. The average Bonchev–Trinajstić information content (AvgIpc) is 3.42. The third kappa shape index (κ3) is 5.50. The summed E-state index contributed by atoms with van der Waals surface area (Å²) in [4.78, 5) is 6.81. The standard InChI is InChI=1S/C21H29ClN4O2/c1-23-21(25-15-20(27-2)16-7-5-8-17(22)13-16)24-14-18(19-9-6-12-28-19)26-10-3-4-11-26/h5-9,12-13,18,20H,3-4,10-11,14-15H2,1-2H3,(H2,23,24,25). The van der Waals surface area contributed by atoms with E-state index in [4.69, 9.17) is 20.8 Å². The van der Waals surface area contributed by atoms with Gasteiger partial charge in [-0.15, -0.1) is 0 Å². The molecule has 0 amide bonds. The zero-order chi connectivity index (χ0) is 19.8. The fraction of sp³-hybridized carbons (Fsp3) is 0.476. The summed E-state index contributed by atoms with van der Waals surface area (Å²) >= 11 is 6.11. The van der Waals surface area contributed by atoms with Crippen molar-refractivity contribution in [1.29, 1.82) is 0 Å². The Hall–Kier alpha value is -2.02. The average molecular weight is 405 g/mol. The lowest BCUT2D eigenvalue weighted by Crippen LogP contribution is -2.43. The molecule has 0 aliphatic carbocycles. The van der Waals surface area contributed by atoms with E-state index in [0.717, 1.165) is 36.9 Å². The second-order valence-electron chi connectivity index (χ2n) is 6.89. The van der Waals surface area contributed by atoms with Crippen LogP contribution in [-0.4, -0.2) is 51.2 Å². The quantitative estimate of drug-likeness (QED) is 0.519. The van der Waals surface area contributed by atoms with Gasteiger partial charge in [0.05, 0.1) is 18.4 Å². The Kier molecular flexibility index (Phi) is 7.77. The van der Waals surface area contributed by atoms with Gasteiger partial charge in [0.15, 0.2) is 5.96 Å². The Morgan fingerprint density at radius 2 is 2.00 bits per heavy atom. The molecule has 1 aromatic heterocycles. The predicted octanol–water partition coefficient (Wildman–Crippen LogP) is 3.62. The summed E-state index contributed by atoms with van der Waals surface area (Å²) in [5, 5.41) is 7.49. The molecule has 2 atom stereocenters. The van der Waals surface area contributed by atoms with E-state index >= 15 is 0 Å². The molecule has 0 radical (unpaired) electrons. The van der Waals surface area contributed by atoms with Gasteiger partial charge in [-0.2, -0.15) is 0 Å². The molecular weight excluding hydrogens is 376 g/mol. The van der Waals surface area contributed by atoms with E-state index in [-0.39, 0.29) is 12.1 Å². The van der Waals surface area contributed by atoms with E-state index in [1.54, 1.807) is 20.4 Å². The molecule has 2 aromatic rings. The molecule has 152 valence electrons. The van der Waals surface area contributed by atoms with Crippen LogP contribution in [-0.2, 0) is 4.74 Å². The second kappa shape index (κ2) is 10.5. The van der Waals surface area contributed by atoms with Gasteiger partial charge in [-0.25, -0.2) is 0 Å². The molecule has 3 rings (SSSR count). The molecular formula is C21H29ClN4O2. The van der Waals surface area contributed by atoms with Gasteiger partial charge in [-0.3, -0.25) is 9.89 Å². The molecule has 1 fully saturated rings. The van der Waals surface area contributed by atoms with Crippen LogP contribution >= 0.6 is 11.6 Å². The van der Waals surface area contributed by atoms with Crippen LogP contribution in [0.15, 0.2) is 52.1 Å². The third-order valence-electron chi connectivity index (χ3n) is 5.10. The minimum absolute atomic E-state index is 0.114. The molecule has 0 spiro atoms. The van der Waals surface area contributed by atoms with Gasteiger partial charge < -0.3 is 19.8 Å². The lowest BCUT2D eigenvalue weighted by molar-refractivity contribution is 0.106. The maximum Gasteiger partial charge on any atom is 0.191 e. The first-order valence-electron chi connectivity index (χ1n) is 9.71. The minimum atomic E-state index is -0.114. The van der Waals surface area contributed by atoms with Crippen molar-refractivity contribution in [2.75, 3.05) is 40.3 Å². The molecule has 1 saturated heterocycles. The molecule has 2 N–H and O–H groups in total. The highest BCUT2D eigenvalue weighted by Gasteiger charge is 2.25. The summed E-state index contributed by atoms with van der Waals surface area (Å²) in [6.07, 6.45) is 4.09. The van der Waals surface area contributed by atoms with Crippen molar-refractivity contribution in [3.8, 4) is 0 Å². The number of hydrogen-bond donors (Lipinski definition) is 2. The summed E-state index contributed by atoms with van der Waals surface area (Å²) in [5.41, 5.74) is 1.03. The highest BCUT2D eigenvalue weighted by atomic mass is 35.5. The van der Waals surface area contributed by atoms with E-state index in [0.29, 0.717) is 11.6 Å². The smallest absolute Gasteiger partial charge is 0.191 e. The van der Waals surface area contributed by atoms with Crippen LogP contribution in [0, 0.1) is 0 Å². The number of nitrogens with one attached hydrogen (secondary N) is 2. The van der Waals surface area contributed by atoms with Crippen molar-refractivity contribution < 1.29 is 9.15 Å². The zero-order valence-electron chi connectivity index (χ0n) is 16.5. The topological polar surface area (TPSA) is 62.0 Å². The maximum absolute atomic E-state index is 6.11. The lowest BCUT2D eigenvalue weighted by Gasteiger charge is -2.27. The van der Waals surface area contributed by atoms with E-state index < -0.39 is 0 Å². The van der Waals surface area contributed by atoms with Crippen molar-refractivity contribution in [3.63, 3.8) is 0 Å². The third-order valence-corrected chi connectivity index (χ3v) is 5.33. The number of rotatable bonds is 8. The van der Waals surface area contributed by atoms with Crippen molar-refractivity contribution in [2.24, 2.45) is 4.99 Å². The number of guanidine groups is 1. The maximum atomic E-state index is 6.11. The van der Waals surface area contributed by atoms with Crippen LogP contribution in [0.5, 0.6) is 0 Å². The highest BCUT2D eigenvalue weighted by Crippen LogP contribution is 2.25. The number of nitrogens with zero attached hydrogens (tertiary/aromatic N) is 2. The Bertz CT molecular complexity index is 745. The normalized spacial score (nSPS) is 17.5. The first-order valence-corrected chi connectivity index (χ1v) is 10.1. The van der Waals surface area contributed by atoms with Crippen molar-refractivity contribution in [2.45, 2.75) is 25.0 Å². The van der Waals surface area contributed by atoms with Crippen LogP contribution in [0.4, 0.5) is 0 Å². The van der Waals surface area contributed by atoms with Crippen LogP contribution < -0.4 is 10.6 Å². The Labute approximate surface area is 171 Å². The molecule has 28 heavy (non-hydrogen) atoms. The summed E-state index contributed by atoms with van der Waals surface area (Å²) in [6.45, 7) is 3.51. The summed E-state index contributed by atoms with van der Waals surface area (Å²) in [7, 11) is 3.47. The monoisotopic (exact) mass is 404 g/mol. The van der Waals surface area contributed by atoms with Crippen molar-refractivity contribution in [1.82, 2.24) is 15.5 Å². The van der Waals surface area contributed by atoms with E-state index in [2.05, 4.69) is 20.5 Å². The summed E-state index contributed by atoms with van der Waals surface area (Å²) < 4.78 is 11.3. The zero-order valence-corrected chi connectivity index (χ0v) is 17.3. The number of methoxy groups -OCH3 is 1. The number of furan rings is 1. The first kappa shape index (κ1) is 20.7. The largest absolute Gasteiger partial charge is 0.468 e. The van der Waals surface area contributed by atoms with Crippen molar-refractivity contribution >= 4 is 17.6 Å². The SMILES string of the molecule is CN=C(NCC(OC)c1cccc(Cl)c1)NCC(c1ccco1)N1CCCC1. The van der Waals surface area contributed by atoms with E-state index in [9.17, 15) is 0 Å². The fourth-order valence-electron chi connectivity index (χ4n) is 3.59.